The van der Waals surface area contributed by atoms with E-state index in [-0.39, 0.29) is 15.8 Å². The van der Waals surface area contributed by atoms with Crippen molar-refractivity contribution in [3.8, 4) is 17.1 Å². The number of aliphatic carboxylic acids is 1. The van der Waals surface area contributed by atoms with Crippen LogP contribution in [0.25, 0.3) is 17.5 Å². The van der Waals surface area contributed by atoms with E-state index < -0.39 is 5.97 Å². The molecular formula is C17H11ClN3O3S-. The van der Waals surface area contributed by atoms with Gasteiger partial charge in [-0.25, -0.2) is 9.78 Å². The average molecular weight is 373 g/mol. The molecule has 0 radical (unpaired) electrons. The molecular weight excluding hydrogens is 362 g/mol. The van der Waals surface area contributed by atoms with Gasteiger partial charge in [-0.2, -0.15) is 0 Å². The van der Waals surface area contributed by atoms with E-state index in [9.17, 15) is 15.0 Å². The van der Waals surface area contributed by atoms with E-state index in [2.05, 4.69) is 15.2 Å². The summed E-state index contributed by atoms with van der Waals surface area (Å²) in [6.45, 7) is 0. The number of H-pyrrole nitrogens is 1. The number of benzene rings is 2. The topological polar surface area (TPSA) is 102 Å². The highest BCUT2D eigenvalue weighted by atomic mass is 35.5. The first-order valence-corrected chi connectivity index (χ1v) is 8.29. The number of aromatic amines is 1. The highest BCUT2D eigenvalue weighted by Crippen LogP contribution is 2.28. The summed E-state index contributed by atoms with van der Waals surface area (Å²) in [5.74, 6) is -0.725. The molecule has 126 valence electrons. The van der Waals surface area contributed by atoms with Crippen LogP contribution < -0.4 is 5.11 Å². The Morgan fingerprint density at radius 1 is 1.16 bits per heavy atom. The molecule has 0 unspecified atom stereocenters. The van der Waals surface area contributed by atoms with Crippen LogP contribution in [0, 0.1) is 0 Å². The summed E-state index contributed by atoms with van der Waals surface area (Å²) in [4.78, 5) is 15.8. The van der Waals surface area contributed by atoms with Crippen LogP contribution in [0.4, 0.5) is 0 Å². The van der Waals surface area contributed by atoms with Crippen molar-refractivity contribution in [1.82, 2.24) is 15.2 Å². The summed E-state index contributed by atoms with van der Waals surface area (Å²) < 4.78 is 0. The number of nitrogens with one attached hydrogen (secondary N) is 1. The zero-order valence-corrected chi connectivity index (χ0v) is 14.2. The molecule has 6 nitrogen and oxygen atoms in total. The minimum atomic E-state index is -1.10. The molecule has 1 heterocycles. The van der Waals surface area contributed by atoms with Gasteiger partial charge in [0.25, 0.3) is 0 Å². The lowest BCUT2D eigenvalue weighted by atomic mass is 10.2. The van der Waals surface area contributed by atoms with Gasteiger partial charge in [-0.05, 0) is 47.7 Å². The maximum atomic E-state index is 11.5. The molecule has 0 aliphatic rings. The molecule has 1 aromatic heterocycles. The van der Waals surface area contributed by atoms with E-state index in [1.807, 2.05) is 0 Å². The van der Waals surface area contributed by atoms with E-state index in [1.54, 1.807) is 36.4 Å². The summed E-state index contributed by atoms with van der Waals surface area (Å²) in [5.41, 5.74) is 1.40. The van der Waals surface area contributed by atoms with Crippen LogP contribution in [-0.2, 0) is 4.79 Å². The number of aromatic nitrogens is 3. The second-order valence-electron chi connectivity index (χ2n) is 4.96. The van der Waals surface area contributed by atoms with Crippen molar-refractivity contribution in [3.05, 3.63) is 64.0 Å². The van der Waals surface area contributed by atoms with Gasteiger partial charge in [0.1, 0.15) is 4.91 Å². The lowest BCUT2D eigenvalue weighted by Crippen LogP contribution is -1.97. The smallest absolute Gasteiger partial charge is 0.342 e. The monoisotopic (exact) mass is 372 g/mol. The third-order valence-corrected chi connectivity index (χ3v) is 4.30. The van der Waals surface area contributed by atoms with E-state index in [1.165, 1.54) is 18.2 Å². The SMILES string of the molecule is O=C(O)/C(=C/c1ccc([O-])cc1)Sc1n[nH]c(-c2ccc(Cl)cc2)n1. The van der Waals surface area contributed by atoms with Crippen LogP contribution in [0.15, 0.2) is 58.6 Å². The Hall–Kier alpha value is -2.77. The maximum Gasteiger partial charge on any atom is 0.342 e. The second-order valence-corrected chi connectivity index (χ2v) is 6.40. The first-order valence-electron chi connectivity index (χ1n) is 7.09. The molecule has 2 aromatic carbocycles. The summed E-state index contributed by atoms with van der Waals surface area (Å²) in [6.07, 6.45) is 1.46. The van der Waals surface area contributed by atoms with Crippen molar-refractivity contribution in [2.45, 2.75) is 5.16 Å². The second kappa shape index (κ2) is 7.42. The van der Waals surface area contributed by atoms with Gasteiger partial charge in [-0.1, -0.05) is 35.9 Å². The molecule has 0 atom stereocenters. The molecule has 0 saturated carbocycles. The number of carbonyl (C=O) groups is 1. The molecule has 0 saturated heterocycles. The number of hydrogen-bond acceptors (Lipinski definition) is 5. The lowest BCUT2D eigenvalue weighted by molar-refractivity contribution is -0.268. The van der Waals surface area contributed by atoms with Crippen LogP contribution in [-0.4, -0.2) is 26.3 Å². The lowest BCUT2D eigenvalue weighted by Gasteiger charge is -2.04. The molecule has 0 bridgehead atoms. The summed E-state index contributed by atoms with van der Waals surface area (Å²) >= 11 is 6.77. The molecule has 0 aliphatic carbocycles. The van der Waals surface area contributed by atoms with Crippen LogP contribution in [0.3, 0.4) is 0 Å². The van der Waals surface area contributed by atoms with Gasteiger partial charge >= 0.3 is 5.97 Å². The van der Waals surface area contributed by atoms with Crippen molar-refractivity contribution in [1.29, 1.82) is 0 Å². The fraction of sp³-hybridized carbons (Fsp3) is 0. The van der Waals surface area contributed by atoms with Crippen molar-refractivity contribution in [3.63, 3.8) is 0 Å². The summed E-state index contributed by atoms with van der Waals surface area (Å²) in [5, 5.41) is 28.2. The minimum Gasteiger partial charge on any atom is -0.872 e. The highest BCUT2D eigenvalue weighted by molar-refractivity contribution is 8.04. The number of hydrogen-bond donors (Lipinski definition) is 2. The predicted octanol–water partition coefficient (Wildman–Crippen LogP) is 3.42. The zero-order valence-electron chi connectivity index (χ0n) is 12.6. The van der Waals surface area contributed by atoms with Crippen LogP contribution in [0.1, 0.15) is 5.56 Å². The molecule has 0 amide bonds. The highest BCUT2D eigenvalue weighted by Gasteiger charge is 2.14. The van der Waals surface area contributed by atoms with Gasteiger partial charge in [0.15, 0.2) is 5.82 Å². The Balaban J connectivity index is 1.82. The van der Waals surface area contributed by atoms with Gasteiger partial charge < -0.3 is 10.2 Å². The number of halogens is 1. The molecule has 25 heavy (non-hydrogen) atoms. The summed E-state index contributed by atoms with van der Waals surface area (Å²) in [6, 6.07) is 12.9. The van der Waals surface area contributed by atoms with Gasteiger partial charge in [0.2, 0.25) is 5.16 Å². The van der Waals surface area contributed by atoms with Crippen LogP contribution in [0.5, 0.6) is 5.75 Å². The molecule has 0 fully saturated rings. The van der Waals surface area contributed by atoms with Gasteiger partial charge in [0.05, 0.1) is 0 Å². The fourth-order valence-corrected chi connectivity index (χ4v) is 2.81. The molecule has 8 heteroatoms. The number of carboxylic acids is 1. The Bertz CT molecular complexity index is 921. The molecule has 3 aromatic rings. The number of thioether (sulfide) groups is 1. The van der Waals surface area contributed by atoms with Crippen molar-refractivity contribution < 1.29 is 15.0 Å². The van der Waals surface area contributed by atoms with Crippen LogP contribution in [0.2, 0.25) is 5.02 Å². The van der Waals surface area contributed by atoms with Crippen molar-refractivity contribution in [2.24, 2.45) is 0 Å². The van der Waals surface area contributed by atoms with E-state index in [0.717, 1.165) is 17.3 Å². The normalized spacial score (nSPS) is 11.5. The summed E-state index contributed by atoms with van der Waals surface area (Å²) in [7, 11) is 0. The molecule has 3 rings (SSSR count). The van der Waals surface area contributed by atoms with E-state index in [4.69, 9.17) is 11.6 Å². The maximum absolute atomic E-state index is 11.5. The van der Waals surface area contributed by atoms with E-state index in [0.29, 0.717) is 16.4 Å². The Morgan fingerprint density at radius 2 is 1.84 bits per heavy atom. The molecule has 0 spiro atoms. The zero-order chi connectivity index (χ0) is 17.8. The van der Waals surface area contributed by atoms with Crippen molar-refractivity contribution in [2.75, 3.05) is 0 Å². The Morgan fingerprint density at radius 3 is 2.48 bits per heavy atom. The number of nitrogens with zero attached hydrogens (tertiary/aromatic N) is 2. The fourth-order valence-electron chi connectivity index (χ4n) is 1.98. The molecule has 0 aliphatic heterocycles. The minimum absolute atomic E-state index is 0.0419. The predicted molar refractivity (Wildman–Crippen MR) is 94.2 cm³/mol. The Kier molecular flexibility index (Phi) is 5.06. The van der Waals surface area contributed by atoms with Gasteiger partial charge in [-0.3, -0.25) is 5.10 Å². The standard InChI is InChI=1S/C17H12ClN3O3S/c18-12-5-3-11(4-6-12)15-19-17(21-20-15)25-14(16(23)24)9-10-1-7-13(22)8-2-10/h1-9,22H,(H,23,24)(H,19,20,21)/p-1/b14-9-. The van der Waals surface area contributed by atoms with Gasteiger partial charge in [0, 0.05) is 10.6 Å². The third kappa shape index (κ3) is 4.40. The largest absolute Gasteiger partial charge is 0.872 e. The van der Waals surface area contributed by atoms with E-state index >= 15 is 0 Å². The van der Waals surface area contributed by atoms with Crippen molar-refractivity contribution >= 4 is 35.4 Å². The first-order chi connectivity index (χ1) is 12.0. The Labute approximate surface area is 152 Å². The third-order valence-electron chi connectivity index (χ3n) is 3.17. The van der Waals surface area contributed by atoms with Gasteiger partial charge in [-0.15, -0.1) is 10.8 Å². The number of rotatable bonds is 5. The quantitative estimate of drug-likeness (QED) is 0.525. The molecule has 2 N–H and O–H groups in total. The first kappa shape index (κ1) is 17.1. The number of carboxylic acid groups (broad SMARTS) is 1. The van der Waals surface area contributed by atoms with Crippen LogP contribution >= 0.6 is 23.4 Å². The average Bonchev–Trinajstić information content (AvgIpc) is 3.05.